The smallest absolute Gasteiger partial charge is 0.355 e. The minimum Gasteiger partial charge on any atom is -0.455 e. The van der Waals surface area contributed by atoms with Crippen LogP contribution in [-0.2, 0) is 24.2 Å². The van der Waals surface area contributed by atoms with Crippen molar-refractivity contribution in [3.8, 4) is 0 Å². The van der Waals surface area contributed by atoms with Gasteiger partial charge in [0, 0.05) is 5.33 Å². The van der Waals surface area contributed by atoms with Crippen LogP contribution in [0.4, 0.5) is 0 Å². The summed E-state index contributed by atoms with van der Waals surface area (Å²) in [6.45, 7) is 5.15. The van der Waals surface area contributed by atoms with Gasteiger partial charge in [0.1, 0.15) is 16.7 Å². The van der Waals surface area contributed by atoms with Crippen molar-refractivity contribution in [2.75, 3.05) is 11.1 Å². The van der Waals surface area contributed by atoms with E-state index in [2.05, 4.69) is 15.9 Å². The fourth-order valence-electron chi connectivity index (χ4n) is 2.19. The van der Waals surface area contributed by atoms with Gasteiger partial charge in [-0.05, 0) is 26.3 Å². The number of hydrogen-bond acceptors (Lipinski definition) is 5. The summed E-state index contributed by atoms with van der Waals surface area (Å²) in [6, 6.07) is 0. The second-order valence-corrected chi connectivity index (χ2v) is 8.54. The number of halogens is 1. The van der Waals surface area contributed by atoms with Crippen molar-refractivity contribution in [3.63, 3.8) is 0 Å². The third-order valence-corrected chi connectivity index (χ3v) is 5.66. The highest BCUT2D eigenvalue weighted by atomic mass is 79.9. The molecule has 1 unspecified atom stereocenters. The summed E-state index contributed by atoms with van der Waals surface area (Å²) >= 11 is 3.17. The SMILES string of the molecule is CC(C)(C)OC(=O)C1=C(CBr)CS(=O)(=O)C2CC(=O)N12. The number of esters is 1. The highest BCUT2D eigenvalue weighted by Gasteiger charge is 2.53. The summed E-state index contributed by atoms with van der Waals surface area (Å²) in [6.07, 6.45) is -0.0653. The number of carbonyl (C=O) groups excluding carboxylic acids is 2. The lowest BCUT2D eigenvalue weighted by Crippen LogP contribution is -2.60. The van der Waals surface area contributed by atoms with Gasteiger partial charge in [0.2, 0.25) is 5.91 Å². The van der Waals surface area contributed by atoms with Crippen LogP contribution in [0.25, 0.3) is 0 Å². The van der Waals surface area contributed by atoms with Crippen LogP contribution < -0.4 is 0 Å². The van der Waals surface area contributed by atoms with Gasteiger partial charge in [-0.2, -0.15) is 0 Å². The fraction of sp³-hybridized carbons (Fsp3) is 0.667. The maximum absolute atomic E-state index is 12.2. The number of alkyl halides is 1. The molecule has 1 saturated heterocycles. The molecule has 0 radical (unpaired) electrons. The number of carbonyl (C=O) groups is 2. The van der Waals surface area contributed by atoms with Gasteiger partial charge in [-0.15, -0.1) is 0 Å². The number of nitrogens with zero attached hydrogens (tertiary/aromatic N) is 1. The third kappa shape index (κ3) is 2.63. The van der Waals surface area contributed by atoms with Crippen molar-refractivity contribution in [2.24, 2.45) is 0 Å². The fourth-order valence-corrected chi connectivity index (χ4v) is 4.78. The number of ether oxygens (including phenoxy) is 1. The van der Waals surface area contributed by atoms with Crippen molar-refractivity contribution in [2.45, 2.75) is 38.2 Å². The van der Waals surface area contributed by atoms with Gasteiger partial charge in [0.15, 0.2) is 9.84 Å². The first-order valence-corrected chi connectivity index (χ1v) is 8.95. The molecule has 2 rings (SSSR count). The second kappa shape index (κ2) is 4.84. The third-order valence-electron chi connectivity index (χ3n) is 3.03. The molecule has 0 bridgehead atoms. The average molecular weight is 366 g/mol. The summed E-state index contributed by atoms with van der Waals surface area (Å²) in [7, 11) is -3.42. The van der Waals surface area contributed by atoms with Gasteiger partial charge in [0.05, 0.1) is 12.2 Å². The Morgan fingerprint density at radius 2 is 2.05 bits per heavy atom. The monoisotopic (exact) mass is 365 g/mol. The summed E-state index contributed by atoms with van der Waals surface area (Å²) < 4.78 is 29.3. The van der Waals surface area contributed by atoms with Crippen molar-refractivity contribution in [1.82, 2.24) is 4.90 Å². The largest absolute Gasteiger partial charge is 0.455 e. The lowest BCUT2D eigenvalue weighted by atomic mass is 10.1. The predicted molar refractivity (Wildman–Crippen MR) is 75.7 cm³/mol. The second-order valence-electron chi connectivity index (χ2n) is 5.82. The quantitative estimate of drug-likeness (QED) is 0.413. The Balaban J connectivity index is 2.44. The van der Waals surface area contributed by atoms with E-state index in [1.165, 1.54) is 0 Å². The summed E-state index contributed by atoms with van der Waals surface area (Å²) in [4.78, 5) is 25.0. The van der Waals surface area contributed by atoms with Crippen LogP contribution in [0.2, 0.25) is 0 Å². The van der Waals surface area contributed by atoms with Crippen LogP contribution in [0.3, 0.4) is 0 Å². The molecule has 0 spiro atoms. The van der Waals surface area contributed by atoms with Gasteiger partial charge >= 0.3 is 5.97 Å². The van der Waals surface area contributed by atoms with Gasteiger partial charge in [0.25, 0.3) is 0 Å². The molecule has 2 heterocycles. The maximum Gasteiger partial charge on any atom is 0.355 e. The molecule has 0 aromatic rings. The highest BCUT2D eigenvalue weighted by molar-refractivity contribution is 9.09. The summed E-state index contributed by atoms with van der Waals surface area (Å²) in [5.74, 6) is -1.24. The normalized spacial score (nSPS) is 25.1. The van der Waals surface area contributed by atoms with E-state index in [-0.39, 0.29) is 29.1 Å². The average Bonchev–Trinajstić information content (AvgIpc) is 2.26. The molecular formula is C12H16BrNO5S. The van der Waals surface area contributed by atoms with E-state index in [0.717, 1.165) is 4.90 Å². The van der Waals surface area contributed by atoms with E-state index < -0.39 is 26.8 Å². The van der Waals surface area contributed by atoms with Crippen LogP contribution in [0.15, 0.2) is 11.3 Å². The minimum absolute atomic E-state index is 0.0653. The van der Waals surface area contributed by atoms with Crippen molar-refractivity contribution < 1.29 is 22.7 Å². The summed E-state index contributed by atoms with van der Waals surface area (Å²) in [5.41, 5.74) is -0.266. The molecule has 1 atom stereocenters. The Bertz CT molecular complexity index is 602. The zero-order chi connectivity index (χ0) is 15.3. The highest BCUT2D eigenvalue weighted by Crippen LogP contribution is 2.37. The lowest BCUT2D eigenvalue weighted by Gasteiger charge is -2.44. The van der Waals surface area contributed by atoms with Crippen molar-refractivity contribution >= 4 is 37.6 Å². The molecular weight excluding hydrogens is 350 g/mol. The zero-order valence-corrected chi connectivity index (χ0v) is 13.9. The van der Waals surface area contributed by atoms with E-state index in [9.17, 15) is 18.0 Å². The van der Waals surface area contributed by atoms with E-state index >= 15 is 0 Å². The molecule has 6 nitrogen and oxygen atoms in total. The van der Waals surface area contributed by atoms with Gasteiger partial charge in [-0.25, -0.2) is 13.2 Å². The number of β-lactam (4-membered cyclic amide) rings is 1. The Labute approximate surface area is 126 Å². The van der Waals surface area contributed by atoms with Gasteiger partial charge in [-0.3, -0.25) is 9.69 Å². The molecule has 2 aliphatic heterocycles. The molecule has 0 N–H and O–H groups in total. The number of hydrogen-bond donors (Lipinski definition) is 0. The molecule has 2 aliphatic rings. The Hall–Kier alpha value is -0.890. The molecule has 0 aromatic carbocycles. The lowest BCUT2D eigenvalue weighted by molar-refractivity contribution is -0.157. The van der Waals surface area contributed by atoms with E-state index in [1.54, 1.807) is 20.8 Å². The first-order chi connectivity index (χ1) is 9.07. The first kappa shape index (κ1) is 15.5. The first-order valence-electron chi connectivity index (χ1n) is 6.12. The van der Waals surface area contributed by atoms with Crippen molar-refractivity contribution in [3.05, 3.63) is 11.3 Å². The number of rotatable bonds is 2. The Morgan fingerprint density at radius 1 is 1.45 bits per heavy atom. The molecule has 112 valence electrons. The Morgan fingerprint density at radius 3 is 2.50 bits per heavy atom. The van der Waals surface area contributed by atoms with Crippen LogP contribution in [0.1, 0.15) is 27.2 Å². The topological polar surface area (TPSA) is 80.8 Å². The maximum atomic E-state index is 12.2. The van der Waals surface area contributed by atoms with Crippen molar-refractivity contribution in [1.29, 1.82) is 0 Å². The number of amides is 1. The molecule has 0 saturated carbocycles. The molecule has 1 fully saturated rings. The van der Waals surface area contributed by atoms with Gasteiger partial charge in [-0.1, -0.05) is 15.9 Å². The molecule has 20 heavy (non-hydrogen) atoms. The summed E-state index contributed by atoms with van der Waals surface area (Å²) in [5, 5.41) is -0.711. The van der Waals surface area contributed by atoms with Gasteiger partial charge < -0.3 is 4.74 Å². The van der Waals surface area contributed by atoms with Crippen LogP contribution in [0.5, 0.6) is 0 Å². The van der Waals surface area contributed by atoms with Crippen LogP contribution >= 0.6 is 15.9 Å². The number of sulfone groups is 1. The van der Waals surface area contributed by atoms with E-state index in [0.29, 0.717) is 5.57 Å². The molecule has 1 amide bonds. The molecule has 0 aromatic heterocycles. The van der Waals surface area contributed by atoms with E-state index in [1.807, 2.05) is 0 Å². The Kier molecular flexibility index (Phi) is 3.75. The number of fused-ring (bicyclic) bond motifs is 1. The minimum atomic E-state index is -3.42. The predicted octanol–water partition coefficient (Wildman–Crippen LogP) is 0.964. The molecule has 8 heteroatoms. The van der Waals surface area contributed by atoms with Crippen LogP contribution in [0, 0.1) is 0 Å². The standard InChI is InChI=1S/C12H16BrNO5S/c1-12(2,3)19-11(16)10-7(5-13)6-20(17,18)9-4-8(15)14(9)10/h9H,4-6H2,1-3H3. The van der Waals surface area contributed by atoms with E-state index in [4.69, 9.17) is 4.74 Å². The molecule has 0 aliphatic carbocycles. The van der Waals surface area contributed by atoms with Crippen LogP contribution in [-0.4, -0.2) is 47.3 Å². The zero-order valence-electron chi connectivity index (χ0n) is 11.5.